The van der Waals surface area contributed by atoms with Crippen molar-refractivity contribution in [3.05, 3.63) is 35.4 Å². The molecule has 1 aromatic rings. The third-order valence-corrected chi connectivity index (χ3v) is 2.90. The summed E-state index contributed by atoms with van der Waals surface area (Å²) in [5.41, 5.74) is 2.47. The van der Waals surface area contributed by atoms with Crippen LogP contribution in [-0.4, -0.2) is 13.1 Å². The van der Waals surface area contributed by atoms with Crippen molar-refractivity contribution in [2.24, 2.45) is 5.41 Å². The van der Waals surface area contributed by atoms with E-state index < -0.39 is 0 Å². The highest BCUT2D eigenvalue weighted by atomic mass is 14.8. The lowest BCUT2D eigenvalue weighted by Crippen LogP contribution is -2.23. The predicted molar refractivity (Wildman–Crippen MR) is 71.8 cm³/mol. The van der Waals surface area contributed by atoms with E-state index in [1.54, 1.807) is 0 Å². The Bertz CT molecular complexity index is 388. The Kier molecular flexibility index (Phi) is 5.18. The lowest BCUT2D eigenvalue weighted by atomic mass is 9.91. The van der Waals surface area contributed by atoms with E-state index in [0.29, 0.717) is 0 Å². The molecule has 0 bridgehead atoms. The quantitative estimate of drug-likeness (QED) is 0.762. The Hall–Kier alpha value is -1.33. The summed E-state index contributed by atoms with van der Waals surface area (Å²) >= 11 is 0. The van der Waals surface area contributed by atoms with E-state index >= 15 is 0 Å². The van der Waals surface area contributed by atoms with Crippen molar-refractivity contribution in [2.45, 2.75) is 33.6 Å². The molecule has 0 amide bonds. The minimum absolute atomic E-state index is 0.212. The summed E-state index contributed by atoms with van der Waals surface area (Å²) in [6.45, 7) is 7.97. The highest BCUT2D eigenvalue weighted by Gasteiger charge is 2.15. The van der Waals surface area contributed by atoms with Crippen molar-refractivity contribution in [2.75, 3.05) is 13.1 Å². The van der Waals surface area contributed by atoms with Gasteiger partial charge in [-0.15, -0.1) is 0 Å². The minimum Gasteiger partial charge on any atom is -0.316 e. The minimum atomic E-state index is -0.212. The van der Waals surface area contributed by atoms with E-state index in [1.807, 2.05) is 13.8 Å². The SMILES string of the molecule is Cc1cccc(CCNCCC(C)(C)C#N)c1. The molecule has 1 N–H and O–H groups in total. The topological polar surface area (TPSA) is 35.8 Å². The number of nitrogens with zero attached hydrogens (tertiary/aromatic N) is 1. The third kappa shape index (κ3) is 5.51. The molecule has 17 heavy (non-hydrogen) atoms. The Morgan fingerprint density at radius 3 is 2.71 bits per heavy atom. The molecule has 0 heterocycles. The van der Waals surface area contributed by atoms with Crippen LogP contribution in [-0.2, 0) is 6.42 Å². The molecule has 2 nitrogen and oxygen atoms in total. The van der Waals surface area contributed by atoms with Crippen LogP contribution in [0.1, 0.15) is 31.4 Å². The summed E-state index contributed by atoms with van der Waals surface area (Å²) in [6, 6.07) is 10.9. The van der Waals surface area contributed by atoms with Gasteiger partial charge in [0.15, 0.2) is 0 Å². The summed E-state index contributed by atoms with van der Waals surface area (Å²) in [5.74, 6) is 0. The van der Waals surface area contributed by atoms with Crippen LogP contribution < -0.4 is 5.32 Å². The highest BCUT2D eigenvalue weighted by molar-refractivity contribution is 5.22. The number of nitrogens with one attached hydrogen (secondary N) is 1. The van der Waals surface area contributed by atoms with Crippen LogP contribution in [0.3, 0.4) is 0 Å². The fourth-order valence-electron chi connectivity index (χ4n) is 1.68. The van der Waals surface area contributed by atoms with Crippen molar-refractivity contribution in [1.29, 1.82) is 5.26 Å². The normalized spacial score (nSPS) is 11.2. The standard InChI is InChI=1S/C15H22N2/c1-13-5-4-6-14(11-13)7-9-17-10-8-15(2,3)12-16/h4-6,11,17H,7-10H2,1-3H3. The van der Waals surface area contributed by atoms with Crippen molar-refractivity contribution < 1.29 is 0 Å². The second kappa shape index (κ2) is 6.42. The molecule has 0 fully saturated rings. The van der Waals surface area contributed by atoms with E-state index in [-0.39, 0.29) is 5.41 Å². The highest BCUT2D eigenvalue weighted by Crippen LogP contribution is 2.17. The van der Waals surface area contributed by atoms with Crippen molar-refractivity contribution in [3.63, 3.8) is 0 Å². The summed E-state index contributed by atoms with van der Waals surface area (Å²) in [5, 5.41) is 12.3. The molecule has 0 saturated heterocycles. The van der Waals surface area contributed by atoms with Crippen LogP contribution in [0, 0.1) is 23.7 Å². The summed E-state index contributed by atoms with van der Waals surface area (Å²) < 4.78 is 0. The molecule has 1 aromatic carbocycles. The first-order valence-corrected chi connectivity index (χ1v) is 6.21. The number of rotatable bonds is 6. The first-order chi connectivity index (χ1) is 8.03. The molecule has 0 aliphatic heterocycles. The Balaban J connectivity index is 2.19. The smallest absolute Gasteiger partial charge is 0.0684 e. The molecule has 0 radical (unpaired) electrons. The molecule has 0 spiro atoms. The number of benzene rings is 1. The van der Waals surface area contributed by atoms with Gasteiger partial charge in [-0.3, -0.25) is 0 Å². The molecule has 0 aliphatic carbocycles. The fraction of sp³-hybridized carbons (Fsp3) is 0.533. The lowest BCUT2D eigenvalue weighted by Gasteiger charge is -2.15. The molecule has 0 saturated carbocycles. The van der Waals surface area contributed by atoms with E-state index in [2.05, 4.69) is 42.6 Å². The maximum absolute atomic E-state index is 8.88. The number of nitriles is 1. The zero-order chi connectivity index (χ0) is 12.7. The van der Waals surface area contributed by atoms with E-state index in [1.165, 1.54) is 11.1 Å². The van der Waals surface area contributed by atoms with Crippen LogP contribution in [0.4, 0.5) is 0 Å². The molecule has 0 unspecified atom stereocenters. The summed E-state index contributed by atoms with van der Waals surface area (Å²) in [4.78, 5) is 0. The molecule has 0 atom stereocenters. The van der Waals surface area contributed by atoms with Crippen molar-refractivity contribution in [3.8, 4) is 6.07 Å². The zero-order valence-corrected chi connectivity index (χ0v) is 11.1. The maximum Gasteiger partial charge on any atom is 0.0684 e. The van der Waals surface area contributed by atoms with Crippen LogP contribution in [0.15, 0.2) is 24.3 Å². The average Bonchev–Trinajstić information content (AvgIpc) is 2.29. The Labute approximate surface area is 105 Å². The molecular weight excluding hydrogens is 208 g/mol. The van der Waals surface area contributed by atoms with Gasteiger partial charge in [0.25, 0.3) is 0 Å². The van der Waals surface area contributed by atoms with Crippen LogP contribution in [0.2, 0.25) is 0 Å². The van der Waals surface area contributed by atoms with Gasteiger partial charge in [0.1, 0.15) is 0 Å². The summed E-state index contributed by atoms with van der Waals surface area (Å²) in [6.07, 6.45) is 1.95. The van der Waals surface area contributed by atoms with Gasteiger partial charge in [0.2, 0.25) is 0 Å². The van der Waals surface area contributed by atoms with Crippen LogP contribution >= 0.6 is 0 Å². The molecule has 1 rings (SSSR count). The van der Waals surface area contributed by atoms with Crippen molar-refractivity contribution >= 4 is 0 Å². The summed E-state index contributed by atoms with van der Waals surface area (Å²) in [7, 11) is 0. The Morgan fingerprint density at radius 2 is 2.06 bits per heavy atom. The maximum atomic E-state index is 8.88. The third-order valence-electron chi connectivity index (χ3n) is 2.90. The molecular formula is C15H22N2. The van der Waals surface area contributed by atoms with E-state index in [4.69, 9.17) is 5.26 Å². The molecule has 0 aliphatic rings. The Morgan fingerprint density at radius 1 is 1.29 bits per heavy atom. The molecule has 2 heteroatoms. The van der Waals surface area contributed by atoms with E-state index in [9.17, 15) is 0 Å². The molecule has 92 valence electrons. The van der Waals surface area contributed by atoms with Gasteiger partial charge in [-0.25, -0.2) is 0 Å². The lowest BCUT2D eigenvalue weighted by molar-refractivity contribution is 0.434. The average molecular weight is 230 g/mol. The number of hydrogen-bond donors (Lipinski definition) is 1. The van der Waals surface area contributed by atoms with Gasteiger partial charge in [-0.05, 0) is 52.3 Å². The number of hydrogen-bond acceptors (Lipinski definition) is 2. The van der Waals surface area contributed by atoms with Gasteiger partial charge < -0.3 is 5.32 Å². The monoisotopic (exact) mass is 230 g/mol. The van der Waals surface area contributed by atoms with Crippen LogP contribution in [0.25, 0.3) is 0 Å². The largest absolute Gasteiger partial charge is 0.316 e. The van der Waals surface area contributed by atoms with Gasteiger partial charge >= 0.3 is 0 Å². The van der Waals surface area contributed by atoms with E-state index in [0.717, 1.165) is 25.9 Å². The van der Waals surface area contributed by atoms with Gasteiger partial charge in [0, 0.05) is 0 Å². The second-order valence-corrected chi connectivity index (χ2v) is 5.23. The van der Waals surface area contributed by atoms with Gasteiger partial charge in [0.05, 0.1) is 11.5 Å². The van der Waals surface area contributed by atoms with Crippen molar-refractivity contribution in [1.82, 2.24) is 5.32 Å². The molecule has 0 aromatic heterocycles. The zero-order valence-electron chi connectivity index (χ0n) is 11.1. The first-order valence-electron chi connectivity index (χ1n) is 6.21. The fourth-order valence-corrected chi connectivity index (χ4v) is 1.68. The predicted octanol–water partition coefficient (Wildman–Crippen LogP) is 3.07. The number of aryl methyl sites for hydroxylation is 1. The first kappa shape index (κ1) is 13.7. The second-order valence-electron chi connectivity index (χ2n) is 5.23. The van der Waals surface area contributed by atoms with Crippen LogP contribution in [0.5, 0.6) is 0 Å². The van der Waals surface area contributed by atoms with Gasteiger partial charge in [-0.2, -0.15) is 5.26 Å². The van der Waals surface area contributed by atoms with Gasteiger partial charge in [-0.1, -0.05) is 29.8 Å².